The van der Waals surface area contributed by atoms with Crippen LogP contribution >= 0.6 is 0 Å². The number of aromatic nitrogens is 2. The number of urea groups is 1. The fourth-order valence-corrected chi connectivity index (χ4v) is 2.64. The second-order valence-corrected chi connectivity index (χ2v) is 6.14. The highest BCUT2D eigenvalue weighted by Gasteiger charge is 2.24. The summed E-state index contributed by atoms with van der Waals surface area (Å²) >= 11 is 0. The van der Waals surface area contributed by atoms with Gasteiger partial charge in [0.2, 0.25) is 0 Å². The summed E-state index contributed by atoms with van der Waals surface area (Å²) in [5, 5.41) is 23.6. The van der Waals surface area contributed by atoms with Gasteiger partial charge in [0.05, 0.1) is 5.69 Å². The molecule has 0 saturated carbocycles. The first-order valence-electron chi connectivity index (χ1n) is 8.60. The summed E-state index contributed by atoms with van der Waals surface area (Å²) in [5.41, 5.74) is 0.502. The van der Waals surface area contributed by atoms with Gasteiger partial charge in [0, 0.05) is 41.4 Å². The minimum absolute atomic E-state index is 0.0184. The molecule has 146 valence electrons. The molecule has 0 aliphatic heterocycles. The summed E-state index contributed by atoms with van der Waals surface area (Å²) in [7, 11) is 0. The largest absolute Gasteiger partial charge is 0.359 e. The predicted molar refractivity (Wildman–Crippen MR) is 113 cm³/mol. The molecule has 0 spiro atoms. The summed E-state index contributed by atoms with van der Waals surface area (Å²) in [5.74, 6) is -0.613. The fourth-order valence-electron chi connectivity index (χ4n) is 2.64. The molecular weight excluding hydrogens is 370 g/mol. The zero-order valence-electron chi connectivity index (χ0n) is 15.3. The van der Waals surface area contributed by atoms with Gasteiger partial charge >= 0.3 is 6.03 Å². The molecular formula is C20H19N7O2. The minimum Gasteiger partial charge on any atom is -0.359 e. The number of para-hydroxylation sites is 1. The quantitative estimate of drug-likeness (QED) is 0.272. The van der Waals surface area contributed by atoms with Crippen molar-refractivity contribution >= 4 is 46.6 Å². The van der Waals surface area contributed by atoms with Crippen molar-refractivity contribution in [1.82, 2.24) is 15.3 Å². The first-order chi connectivity index (χ1) is 14.0. The molecule has 0 saturated heterocycles. The molecule has 0 aliphatic rings. The van der Waals surface area contributed by atoms with Crippen LogP contribution in [0.3, 0.4) is 0 Å². The lowest BCUT2D eigenvalue weighted by Crippen LogP contribution is -2.49. The average molecular weight is 389 g/mol. The van der Waals surface area contributed by atoms with Gasteiger partial charge in [-0.25, -0.2) is 4.79 Å². The minimum atomic E-state index is -1.39. The average Bonchev–Trinajstić information content (AvgIpc) is 3.15. The number of carbonyl (C=O) groups excluding carboxylic acids is 2. The van der Waals surface area contributed by atoms with Crippen molar-refractivity contribution in [2.75, 3.05) is 10.6 Å². The molecule has 2 heterocycles. The molecule has 0 atom stereocenters. The number of hydrogen-bond donors (Lipinski definition) is 6. The van der Waals surface area contributed by atoms with Crippen LogP contribution in [0.1, 0.15) is 10.5 Å². The predicted octanol–water partition coefficient (Wildman–Crippen LogP) is 3.16. The second kappa shape index (κ2) is 8.17. The maximum Gasteiger partial charge on any atom is 0.323 e. The number of carbonyl (C=O) groups is 2. The van der Waals surface area contributed by atoms with Gasteiger partial charge < -0.3 is 31.8 Å². The number of fused-ring (bicyclic) bond motifs is 1. The molecule has 1 aromatic carbocycles. The molecule has 0 radical (unpaired) electrons. The molecule has 3 amide bonds. The third-order valence-corrected chi connectivity index (χ3v) is 4.23. The van der Waals surface area contributed by atoms with Gasteiger partial charge in [-0.2, -0.15) is 0 Å². The monoisotopic (exact) mass is 389 g/mol. The number of nitrogens with zero attached hydrogens (tertiary/aromatic N) is 1. The lowest BCUT2D eigenvalue weighted by Gasteiger charge is -2.21. The molecule has 0 unspecified atom stereocenters. The van der Waals surface area contributed by atoms with E-state index in [1.165, 1.54) is 18.3 Å². The smallest absolute Gasteiger partial charge is 0.323 e. The Morgan fingerprint density at radius 2 is 1.90 bits per heavy atom. The third-order valence-electron chi connectivity index (χ3n) is 4.23. The standard InChI is InChI=1S/C20H19N7O2/c1-2-20(11-21,12-22)27-18(28)16-9-13(7-8-23-16)25-19(29)26-17-10-24-15-6-4-3-5-14(15)17/h2-12,21-22,24H,1H2,(H,27,28)(H2,23,25,26,29). The highest BCUT2D eigenvalue weighted by molar-refractivity contribution is 6.07. The third kappa shape index (κ3) is 4.19. The van der Waals surface area contributed by atoms with E-state index in [2.05, 4.69) is 32.5 Å². The Balaban J connectivity index is 1.71. The van der Waals surface area contributed by atoms with Crippen LogP contribution in [0.4, 0.5) is 16.2 Å². The molecule has 0 fully saturated rings. The number of anilines is 2. The molecule has 0 bridgehead atoms. The van der Waals surface area contributed by atoms with Crippen LogP contribution < -0.4 is 16.0 Å². The number of benzene rings is 1. The van der Waals surface area contributed by atoms with E-state index in [1.807, 2.05) is 24.3 Å². The van der Waals surface area contributed by atoms with Crippen LogP contribution in [0.5, 0.6) is 0 Å². The molecule has 3 aromatic rings. The zero-order chi connectivity index (χ0) is 20.9. The van der Waals surface area contributed by atoms with Crippen molar-refractivity contribution in [1.29, 1.82) is 10.8 Å². The number of rotatable bonds is 7. The van der Waals surface area contributed by atoms with Crippen molar-refractivity contribution in [3.05, 3.63) is 67.1 Å². The molecule has 29 heavy (non-hydrogen) atoms. The van der Waals surface area contributed by atoms with E-state index in [0.717, 1.165) is 23.3 Å². The Labute approximate surface area is 166 Å². The van der Waals surface area contributed by atoms with Crippen LogP contribution in [0.2, 0.25) is 0 Å². The molecule has 6 N–H and O–H groups in total. The Morgan fingerprint density at radius 3 is 2.62 bits per heavy atom. The van der Waals surface area contributed by atoms with Crippen LogP contribution in [-0.4, -0.2) is 39.9 Å². The van der Waals surface area contributed by atoms with E-state index in [9.17, 15) is 9.59 Å². The number of pyridine rings is 1. The number of nitrogens with one attached hydrogen (secondary N) is 6. The van der Waals surface area contributed by atoms with Gasteiger partial charge in [0.25, 0.3) is 5.91 Å². The molecule has 9 nitrogen and oxygen atoms in total. The fraction of sp³-hybridized carbons (Fsp3) is 0.0500. The maximum absolute atomic E-state index is 12.4. The summed E-state index contributed by atoms with van der Waals surface area (Å²) in [4.78, 5) is 31.8. The zero-order valence-corrected chi connectivity index (χ0v) is 15.3. The van der Waals surface area contributed by atoms with Gasteiger partial charge in [-0.1, -0.05) is 30.9 Å². The number of hydrogen-bond acceptors (Lipinski definition) is 5. The van der Waals surface area contributed by atoms with Crippen LogP contribution in [0, 0.1) is 10.8 Å². The molecule has 3 rings (SSSR count). The van der Waals surface area contributed by atoms with Gasteiger partial charge in [0.15, 0.2) is 0 Å². The Kier molecular flexibility index (Phi) is 5.49. The summed E-state index contributed by atoms with van der Waals surface area (Å²) in [6.45, 7) is 3.53. The van der Waals surface area contributed by atoms with Gasteiger partial charge in [-0.3, -0.25) is 9.78 Å². The van der Waals surface area contributed by atoms with E-state index in [4.69, 9.17) is 10.8 Å². The van der Waals surface area contributed by atoms with Crippen molar-refractivity contribution in [3.63, 3.8) is 0 Å². The van der Waals surface area contributed by atoms with Gasteiger partial charge in [-0.15, -0.1) is 0 Å². The number of H-pyrrole nitrogens is 1. The van der Waals surface area contributed by atoms with Crippen molar-refractivity contribution in [3.8, 4) is 0 Å². The number of aromatic amines is 1. The highest BCUT2D eigenvalue weighted by Crippen LogP contribution is 2.22. The van der Waals surface area contributed by atoms with Crippen molar-refractivity contribution in [2.24, 2.45) is 0 Å². The van der Waals surface area contributed by atoms with E-state index in [1.54, 1.807) is 12.3 Å². The summed E-state index contributed by atoms with van der Waals surface area (Å²) in [6, 6.07) is 10.0. The normalized spacial score (nSPS) is 12.4. The Morgan fingerprint density at radius 1 is 1.14 bits per heavy atom. The van der Waals surface area contributed by atoms with E-state index in [0.29, 0.717) is 11.4 Å². The Hall–Kier alpha value is -4.27. The van der Waals surface area contributed by atoms with E-state index in [-0.39, 0.29) is 5.69 Å². The lowest BCUT2D eigenvalue weighted by molar-refractivity contribution is 0.0941. The molecule has 9 heteroatoms. The van der Waals surface area contributed by atoms with Crippen molar-refractivity contribution < 1.29 is 9.59 Å². The summed E-state index contributed by atoms with van der Waals surface area (Å²) < 4.78 is 0. The first kappa shape index (κ1) is 19.5. The van der Waals surface area contributed by atoms with Crippen LogP contribution in [0.25, 0.3) is 10.9 Å². The van der Waals surface area contributed by atoms with Gasteiger partial charge in [0.1, 0.15) is 11.2 Å². The molecule has 2 aromatic heterocycles. The van der Waals surface area contributed by atoms with E-state index >= 15 is 0 Å². The maximum atomic E-state index is 12.4. The number of amides is 3. The highest BCUT2D eigenvalue weighted by atomic mass is 16.2. The van der Waals surface area contributed by atoms with E-state index < -0.39 is 17.5 Å². The molecule has 0 aliphatic carbocycles. The second-order valence-electron chi connectivity index (χ2n) is 6.14. The van der Waals surface area contributed by atoms with Crippen LogP contribution in [-0.2, 0) is 0 Å². The topological polar surface area (TPSA) is 147 Å². The lowest BCUT2D eigenvalue weighted by atomic mass is 10.0. The van der Waals surface area contributed by atoms with Gasteiger partial charge in [-0.05, 0) is 18.2 Å². The summed E-state index contributed by atoms with van der Waals surface area (Å²) in [6.07, 6.45) is 6.12. The van der Waals surface area contributed by atoms with Crippen LogP contribution in [0.15, 0.2) is 61.4 Å². The SMILES string of the molecule is C=CC(C=N)(C=N)NC(=O)c1cc(NC(=O)Nc2c[nH]c3ccccc23)ccn1. The Bertz CT molecular complexity index is 1080. The van der Waals surface area contributed by atoms with Crippen molar-refractivity contribution in [2.45, 2.75) is 5.54 Å². The first-order valence-corrected chi connectivity index (χ1v) is 8.60.